The first kappa shape index (κ1) is 20.8. The number of anilines is 1. The van der Waals surface area contributed by atoms with Crippen LogP contribution in [0.15, 0.2) is 24.3 Å². The molecule has 2 rings (SSSR count). The van der Waals surface area contributed by atoms with Gasteiger partial charge in [-0.15, -0.1) is 12.4 Å². The maximum absolute atomic E-state index is 12.1. The highest BCUT2D eigenvalue weighted by molar-refractivity contribution is 5.89. The van der Waals surface area contributed by atoms with Gasteiger partial charge in [-0.2, -0.15) is 0 Å². The van der Waals surface area contributed by atoms with E-state index >= 15 is 0 Å². The average molecular weight is 355 g/mol. The van der Waals surface area contributed by atoms with Gasteiger partial charge in [0.1, 0.15) is 6.61 Å². The number of carbonyl (C=O) groups is 1. The molecule has 5 heteroatoms. The van der Waals surface area contributed by atoms with Gasteiger partial charge < -0.3 is 15.8 Å². The Morgan fingerprint density at radius 2 is 1.88 bits per heavy atom. The number of halogens is 1. The van der Waals surface area contributed by atoms with E-state index in [9.17, 15) is 4.79 Å². The van der Waals surface area contributed by atoms with Crippen LogP contribution in [-0.2, 0) is 4.74 Å². The van der Waals surface area contributed by atoms with E-state index in [1.54, 1.807) is 24.3 Å². The van der Waals surface area contributed by atoms with Gasteiger partial charge >= 0.3 is 5.97 Å². The Hall–Kier alpha value is -1.26. The third-order valence-corrected chi connectivity index (χ3v) is 4.88. The number of esters is 1. The third-order valence-electron chi connectivity index (χ3n) is 4.88. The highest BCUT2D eigenvalue weighted by atomic mass is 35.5. The second-order valence-corrected chi connectivity index (χ2v) is 7.11. The maximum Gasteiger partial charge on any atom is 0.338 e. The Morgan fingerprint density at radius 3 is 2.46 bits per heavy atom. The Bertz CT molecular complexity index is 505. The largest absolute Gasteiger partial charge is 0.460 e. The van der Waals surface area contributed by atoms with Gasteiger partial charge in [0.25, 0.3) is 0 Å². The zero-order valence-electron chi connectivity index (χ0n) is 15.0. The topological polar surface area (TPSA) is 64.3 Å². The van der Waals surface area contributed by atoms with Crippen molar-refractivity contribution in [3.63, 3.8) is 0 Å². The molecule has 0 amide bonds. The van der Waals surface area contributed by atoms with Gasteiger partial charge in [0.2, 0.25) is 0 Å². The van der Waals surface area contributed by atoms with Crippen LogP contribution in [0.1, 0.15) is 56.8 Å². The van der Waals surface area contributed by atoms with E-state index < -0.39 is 0 Å². The van der Waals surface area contributed by atoms with Gasteiger partial charge in [-0.25, -0.2) is 4.79 Å². The second kappa shape index (κ2) is 9.90. The van der Waals surface area contributed by atoms with Crippen LogP contribution in [0.5, 0.6) is 0 Å². The van der Waals surface area contributed by atoms with E-state index in [4.69, 9.17) is 10.5 Å². The summed E-state index contributed by atoms with van der Waals surface area (Å²) in [5.74, 6) is 0.829. The molecule has 0 saturated heterocycles. The van der Waals surface area contributed by atoms with Crippen LogP contribution in [0, 0.1) is 11.8 Å². The third kappa shape index (κ3) is 5.99. The molecule has 24 heavy (non-hydrogen) atoms. The molecule has 0 bridgehead atoms. The number of hydrogen-bond donors (Lipinski definition) is 2. The number of nitrogens with one attached hydrogen (secondary N) is 1. The van der Waals surface area contributed by atoms with Gasteiger partial charge in [-0.05, 0) is 48.9 Å². The van der Waals surface area contributed by atoms with E-state index in [2.05, 4.69) is 26.1 Å². The highest BCUT2D eigenvalue weighted by Crippen LogP contribution is 2.24. The van der Waals surface area contributed by atoms with Crippen LogP contribution < -0.4 is 11.1 Å². The molecule has 0 spiro atoms. The second-order valence-electron chi connectivity index (χ2n) is 7.11. The van der Waals surface area contributed by atoms with Crippen LogP contribution in [-0.4, -0.2) is 24.7 Å². The number of carbonyl (C=O) groups excluding carboxylic acids is 1. The zero-order valence-corrected chi connectivity index (χ0v) is 15.8. The summed E-state index contributed by atoms with van der Waals surface area (Å²) in [6, 6.07) is 7.58. The number of nitrogens with two attached hydrogens (primary N) is 1. The molecule has 1 aliphatic rings. The van der Waals surface area contributed by atoms with Crippen molar-refractivity contribution in [1.82, 2.24) is 5.32 Å². The summed E-state index contributed by atoms with van der Waals surface area (Å²) in [4.78, 5) is 12.1. The Labute approximate surface area is 151 Å². The Morgan fingerprint density at radius 1 is 1.25 bits per heavy atom. The first-order valence-electron chi connectivity index (χ1n) is 8.76. The first-order chi connectivity index (χ1) is 11.0. The normalized spacial score (nSPS) is 21.8. The van der Waals surface area contributed by atoms with Gasteiger partial charge in [0.05, 0.1) is 5.56 Å². The molecule has 0 aromatic heterocycles. The van der Waals surface area contributed by atoms with Crippen molar-refractivity contribution in [2.24, 2.45) is 11.8 Å². The number of ether oxygens (including phenoxy) is 1. The number of benzene rings is 1. The Kier molecular flexibility index (Phi) is 8.57. The fourth-order valence-electron chi connectivity index (χ4n) is 3.14. The molecule has 0 heterocycles. The predicted octanol–water partition coefficient (Wildman–Crippen LogP) is 4.04. The standard InChI is InChI=1S/C19H30N2O2.ClH/c1-13(2)18(21-17-7-5-4-6-14(17)3)12-23-19(22)15-8-10-16(20)11-9-15;/h8-11,13-14,17-18,21H,4-7,12,20H2,1-3H3;1H. The van der Waals surface area contributed by atoms with Crippen LogP contribution >= 0.6 is 12.4 Å². The van der Waals surface area contributed by atoms with Crippen molar-refractivity contribution in [2.75, 3.05) is 12.3 Å². The van der Waals surface area contributed by atoms with Crippen molar-refractivity contribution in [1.29, 1.82) is 0 Å². The lowest BCUT2D eigenvalue weighted by Gasteiger charge is -2.34. The molecule has 3 atom stereocenters. The van der Waals surface area contributed by atoms with E-state index in [1.807, 2.05) is 0 Å². The molecule has 136 valence electrons. The minimum Gasteiger partial charge on any atom is -0.460 e. The van der Waals surface area contributed by atoms with Gasteiger partial charge in [0.15, 0.2) is 0 Å². The number of hydrogen-bond acceptors (Lipinski definition) is 4. The molecule has 3 N–H and O–H groups in total. The quantitative estimate of drug-likeness (QED) is 0.597. The summed E-state index contributed by atoms with van der Waals surface area (Å²) in [7, 11) is 0. The summed E-state index contributed by atoms with van der Waals surface area (Å²) in [6.45, 7) is 7.06. The molecule has 0 radical (unpaired) electrons. The fourth-order valence-corrected chi connectivity index (χ4v) is 3.14. The minimum absolute atomic E-state index is 0. The van der Waals surface area contributed by atoms with Crippen molar-refractivity contribution in [2.45, 2.75) is 58.5 Å². The molecular weight excluding hydrogens is 324 g/mol. The molecule has 1 aromatic rings. The average Bonchev–Trinajstić information content (AvgIpc) is 2.53. The van der Waals surface area contributed by atoms with Crippen molar-refractivity contribution >= 4 is 24.1 Å². The smallest absolute Gasteiger partial charge is 0.338 e. The zero-order chi connectivity index (χ0) is 16.8. The first-order valence-corrected chi connectivity index (χ1v) is 8.76. The Balaban J connectivity index is 0.00000288. The van der Waals surface area contributed by atoms with E-state index in [0.717, 1.165) is 0 Å². The molecule has 0 aliphatic heterocycles. The number of rotatable bonds is 6. The van der Waals surface area contributed by atoms with Gasteiger partial charge in [0, 0.05) is 17.8 Å². The maximum atomic E-state index is 12.1. The van der Waals surface area contributed by atoms with Gasteiger partial charge in [-0.1, -0.05) is 33.6 Å². The SMILES string of the molecule is CC(C)C(COC(=O)c1ccc(N)cc1)NC1CCCCC1C.Cl. The summed E-state index contributed by atoms with van der Waals surface area (Å²) < 4.78 is 5.53. The van der Waals surface area contributed by atoms with E-state index in [1.165, 1.54) is 25.7 Å². The lowest BCUT2D eigenvalue weighted by molar-refractivity contribution is 0.0421. The molecule has 1 aromatic carbocycles. The number of nitrogen functional groups attached to an aromatic ring is 1. The molecule has 1 aliphatic carbocycles. The summed E-state index contributed by atoms with van der Waals surface area (Å²) in [5.41, 5.74) is 6.84. The van der Waals surface area contributed by atoms with Crippen LogP contribution in [0.25, 0.3) is 0 Å². The molecule has 3 unspecified atom stereocenters. The predicted molar refractivity (Wildman–Crippen MR) is 102 cm³/mol. The van der Waals surface area contributed by atoms with Crippen molar-refractivity contribution < 1.29 is 9.53 Å². The minimum atomic E-state index is -0.283. The lowest BCUT2D eigenvalue weighted by Crippen LogP contribution is -2.48. The molecule has 1 saturated carbocycles. The van der Waals surface area contributed by atoms with E-state index in [-0.39, 0.29) is 24.4 Å². The van der Waals surface area contributed by atoms with Crippen LogP contribution in [0.3, 0.4) is 0 Å². The monoisotopic (exact) mass is 354 g/mol. The summed E-state index contributed by atoms with van der Waals surface area (Å²) in [6.07, 6.45) is 5.12. The highest BCUT2D eigenvalue weighted by Gasteiger charge is 2.26. The van der Waals surface area contributed by atoms with E-state index in [0.29, 0.717) is 35.7 Å². The molecular formula is C19H31ClN2O2. The summed E-state index contributed by atoms with van der Waals surface area (Å²) in [5, 5.41) is 3.72. The lowest BCUT2D eigenvalue weighted by atomic mass is 9.85. The molecule has 4 nitrogen and oxygen atoms in total. The van der Waals surface area contributed by atoms with Gasteiger partial charge in [-0.3, -0.25) is 0 Å². The van der Waals surface area contributed by atoms with Crippen LogP contribution in [0.2, 0.25) is 0 Å². The van der Waals surface area contributed by atoms with Crippen molar-refractivity contribution in [3.05, 3.63) is 29.8 Å². The van der Waals surface area contributed by atoms with Crippen molar-refractivity contribution in [3.8, 4) is 0 Å². The van der Waals surface area contributed by atoms with Crippen LogP contribution in [0.4, 0.5) is 5.69 Å². The molecule has 1 fully saturated rings. The summed E-state index contributed by atoms with van der Waals surface area (Å²) >= 11 is 0. The fraction of sp³-hybridized carbons (Fsp3) is 0.632.